The van der Waals surface area contributed by atoms with Crippen LogP contribution in [-0.4, -0.2) is 23.1 Å². The highest BCUT2D eigenvalue weighted by Gasteiger charge is 1.98. The van der Waals surface area contributed by atoms with Crippen molar-refractivity contribution in [3.8, 4) is 0 Å². The molecule has 0 atom stereocenters. The number of methoxy groups -OCH3 is 1. The van der Waals surface area contributed by atoms with E-state index in [0.717, 1.165) is 24.5 Å². The Morgan fingerprint density at radius 3 is 3.00 bits per heavy atom. The van der Waals surface area contributed by atoms with Crippen molar-refractivity contribution in [1.82, 2.24) is 9.36 Å². The van der Waals surface area contributed by atoms with Crippen molar-refractivity contribution >= 4 is 17.5 Å². The van der Waals surface area contributed by atoms with Crippen molar-refractivity contribution in [2.45, 2.75) is 12.8 Å². The number of rotatable bonds is 4. The van der Waals surface area contributed by atoms with Crippen LogP contribution in [0.5, 0.6) is 0 Å². The summed E-state index contributed by atoms with van der Waals surface area (Å²) in [6.07, 6.45) is 1.88. The Morgan fingerprint density at radius 1 is 1.64 bits per heavy atom. The van der Waals surface area contributed by atoms with Crippen LogP contribution in [0.25, 0.3) is 0 Å². The van der Waals surface area contributed by atoms with Gasteiger partial charge in [-0.1, -0.05) is 0 Å². The van der Waals surface area contributed by atoms with Gasteiger partial charge in [0.2, 0.25) is 5.95 Å². The first-order valence-electron chi connectivity index (χ1n) is 3.40. The molecule has 4 nitrogen and oxygen atoms in total. The Bertz CT molecular complexity index is 213. The van der Waals surface area contributed by atoms with E-state index in [1.165, 1.54) is 11.5 Å². The monoisotopic (exact) mass is 173 g/mol. The Morgan fingerprint density at radius 2 is 2.45 bits per heavy atom. The molecular weight excluding hydrogens is 162 g/mol. The second kappa shape index (κ2) is 4.25. The predicted octanol–water partition coefficient (Wildman–Crippen LogP) is 0.699. The van der Waals surface area contributed by atoms with Crippen LogP contribution >= 0.6 is 11.5 Å². The fraction of sp³-hybridized carbons (Fsp3) is 0.667. The van der Waals surface area contributed by atoms with Gasteiger partial charge in [-0.25, -0.2) is 4.98 Å². The molecule has 0 saturated carbocycles. The summed E-state index contributed by atoms with van der Waals surface area (Å²) in [4.78, 5) is 4.01. The van der Waals surface area contributed by atoms with Gasteiger partial charge >= 0.3 is 0 Å². The average Bonchev–Trinajstić information content (AvgIpc) is 2.37. The molecule has 0 spiro atoms. The molecule has 0 bridgehead atoms. The Balaban J connectivity index is 2.27. The van der Waals surface area contributed by atoms with Gasteiger partial charge in [0.1, 0.15) is 5.01 Å². The normalized spacial score (nSPS) is 10.3. The van der Waals surface area contributed by atoms with E-state index in [2.05, 4.69) is 9.36 Å². The average molecular weight is 173 g/mol. The molecule has 0 aliphatic rings. The van der Waals surface area contributed by atoms with E-state index >= 15 is 0 Å². The molecule has 0 aliphatic carbocycles. The molecule has 0 aliphatic heterocycles. The lowest BCUT2D eigenvalue weighted by molar-refractivity contribution is 0.195. The first-order valence-corrected chi connectivity index (χ1v) is 4.17. The smallest absolute Gasteiger partial charge is 0.232 e. The zero-order valence-electron chi connectivity index (χ0n) is 6.41. The van der Waals surface area contributed by atoms with Crippen molar-refractivity contribution in [3.05, 3.63) is 5.01 Å². The molecule has 0 radical (unpaired) electrons. The zero-order valence-corrected chi connectivity index (χ0v) is 7.23. The maximum atomic E-state index is 5.34. The van der Waals surface area contributed by atoms with E-state index in [1.807, 2.05) is 0 Å². The van der Waals surface area contributed by atoms with Gasteiger partial charge in [0, 0.05) is 20.1 Å². The fourth-order valence-electron chi connectivity index (χ4n) is 0.737. The molecule has 1 rings (SSSR count). The van der Waals surface area contributed by atoms with Crippen LogP contribution in [0.4, 0.5) is 5.95 Å². The molecule has 2 N–H and O–H groups in total. The van der Waals surface area contributed by atoms with Gasteiger partial charge in [-0.15, -0.1) is 0 Å². The summed E-state index contributed by atoms with van der Waals surface area (Å²) in [5, 5.41) is 0.986. The van der Waals surface area contributed by atoms with Gasteiger partial charge in [0.05, 0.1) is 0 Å². The van der Waals surface area contributed by atoms with Gasteiger partial charge in [-0.2, -0.15) is 4.37 Å². The van der Waals surface area contributed by atoms with Crippen molar-refractivity contribution < 1.29 is 4.74 Å². The van der Waals surface area contributed by atoms with Crippen LogP contribution in [0.15, 0.2) is 0 Å². The third kappa shape index (κ3) is 2.81. The number of aromatic nitrogens is 2. The van der Waals surface area contributed by atoms with Gasteiger partial charge in [0.25, 0.3) is 0 Å². The lowest BCUT2D eigenvalue weighted by Gasteiger charge is -1.93. The highest BCUT2D eigenvalue weighted by atomic mass is 32.1. The second-order valence-corrected chi connectivity index (χ2v) is 2.98. The summed E-state index contributed by atoms with van der Waals surface area (Å²) in [5.41, 5.74) is 5.34. The summed E-state index contributed by atoms with van der Waals surface area (Å²) in [5.74, 6) is 0.377. The molecule has 1 heterocycles. The Labute approximate surface area is 69.6 Å². The standard InChI is InChI=1S/C6H11N3OS/c1-10-4-2-3-5-8-6(7)9-11-5/h2-4H2,1H3,(H2,7,9). The first-order chi connectivity index (χ1) is 5.33. The zero-order chi connectivity index (χ0) is 8.10. The van der Waals surface area contributed by atoms with Crippen molar-refractivity contribution in [2.75, 3.05) is 19.5 Å². The molecule has 0 unspecified atom stereocenters. The molecule has 0 aromatic carbocycles. The van der Waals surface area contributed by atoms with Crippen molar-refractivity contribution in [2.24, 2.45) is 0 Å². The van der Waals surface area contributed by atoms with E-state index in [4.69, 9.17) is 10.5 Å². The molecule has 0 fully saturated rings. The molecule has 0 saturated heterocycles. The van der Waals surface area contributed by atoms with Crippen LogP contribution in [-0.2, 0) is 11.2 Å². The number of aryl methyl sites for hydroxylation is 1. The molecule has 5 heteroatoms. The quantitative estimate of drug-likeness (QED) is 0.681. The largest absolute Gasteiger partial charge is 0.385 e. The third-order valence-corrected chi connectivity index (χ3v) is 2.01. The Kier molecular flexibility index (Phi) is 3.25. The molecule has 1 aromatic rings. The highest BCUT2D eigenvalue weighted by molar-refractivity contribution is 7.05. The first kappa shape index (κ1) is 8.42. The van der Waals surface area contributed by atoms with E-state index in [-0.39, 0.29) is 0 Å². The molecule has 11 heavy (non-hydrogen) atoms. The van der Waals surface area contributed by atoms with Crippen molar-refractivity contribution in [3.63, 3.8) is 0 Å². The maximum Gasteiger partial charge on any atom is 0.232 e. The van der Waals surface area contributed by atoms with Crippen LogP contribution in [0, 0.1) is 0 Å². The number of nitrogens with zero attached hydrogens (tertiary/aromatic N) is 2. The SMILES string of the molecule is COCCCc1nc(N)ns1. The minimum Gasteiger partial charge on any atom is -0.385 e. The maximum absolute atomic E-state index is 5.34. The number of nitrogens with two attached hydrogens (primary N) is 1. The lowest BCUT2D eigenvalue weighted by atomic mass is 10.3. The lowest BCUT2D eigenvalue weighted by Crippen LogP contribution is -1.92. The predicted molar refractivity (Wildman–Crippen MR) is 44.5 cm³/mol. The number of ether oxygens (including phenoxy) is 1. The minimum atomic E-state index is 0.377. The Hall–Kier alpha value is -0.680. The third-order valence-electron chi connectivity index (χ3n) is 1.22. The number of anilines is 1. The summed E-state index contributed by atoms with van der Waals surface area (Å²) in [6.45, 7) is 0.763. The van der Waals surface area contributed by atoms with E-state index in [9.17, 15) is 0 Å². The number of hydrogen-bond donors (Lipinski definition) is 1. The fourth-order valence-corrected chi connectivity index (χ4v) is 1.35. The summed E-state index contributed by atoms with van der Waals surface area (Å²) in [7, 11) is 1.69. The van der Waals surface area contributed by atoms with Crippen LogP contribution in [0.3, 0.4) is 0 Å². The second-order valence-electron chi connectivity index (χ2n) is 2.14. The van der Waals surface area contributed by atoms with Crippen LogP contribution in [0.1, 0.15) is 11.4 Å². The summed E-state index contributed by atoms with van der Waals surface area (Å²) >= 11 is 1.36. The summed E-state index contributed by atoms with van der Waals surface area (Å²) in [6, 6.07) is 0. The highest BCUT2D eigenvalue weighted by Crippen LogP contribution is 2.07. The summed E-state index contributed by atoms with van der Waals surface area (Å²) < 4.78 is 8.76. The van der Waals surface area contributed by atoms with E-state index in [0.29, 0.717) is 5.95 Å². The van der Waals surface area contributed by atoms with Gasteiger partial charge in [-0.05, 0) is 18.0 Å². The van der Waals surface area contributed by atoms with Crippen molar-refractivity contribution in [1.29, 1.82) is 0 Å². The number of hydrogen-bond acceptors (Lipinski definition) is 5. The van der Waals surface area contributed by atoms with Gasteiger partial charge in [0.15, 0.2) is 0 Å². The molecule has 62 valence electrons. The van der Waals surface area contributed by atoms with Gasteiger partial charge < -0.3 is 10.5 Å². The van der Waals surface area contributed by atoms with E-state index < -0.39 is 0 Å². The van der Waals surface area contributed by atoms with E-state index in [1.54, 1.807) is 7.11 Å². The number of nitrogen functional groups attached to an aromatic ring is 1. The molecule has 0 amide bonds. The van der Waals surface area contributed by atoms with Crippen LogP contribution < -0.4 is 5.73 Å². The molecule has 1 aromatic heterocycles. The van der Waals surface area contributed by atoms with Crippen LogP contribution in [0.2, 0.25) is 0 Å². The van der Waals surface area contributed by atoms with Gasteiger partial charge in [-0.3, -0.25) is 0 Å². The minimum absolute atomic E-state index is 0.377. The topological polar surface area (TPSA) is 61.0 Å². The molecular formula is C6H11N3OS.